The van der Waals surface area contributed by atoms with Gasteiger partial charge in [0.25, 0.3) is 0 Å². The molecule has 0 N–H and O–H groups in total. The Kier molecular flexibility index (Phi) is 4.42. The fraction of sp³-hybridized carbons (Fsp3) is 0.143. The highest BCUT2D eigenvalue weighted by molar-refractivity contribution is 7.95. The van der Waals surface area contributed by atoms with E-state index in [-0.39, 0.29) is 0 Å². The maximum atomic E-state index is 6.56. The van der Waals surface area contributed by atoms with E-state index in [1.54, 1.807) is 0 Å². The van der Waals surface area contributed by atoms with Gasteiger partial charge in [-0.2, -0.15) is 0 Å². The van der Waals surface area contributed by atoms with Gasteiger partial charge in [0.15, 0.2) is 0 Å². The number of halogens is 1. The van der Waals surface area contributed by atoms with Crippen molar-refractivity contribution < 1.29 is 4.74 Å². The lowest BCUT2D eigenvalue weighted by molar-refractivity contribution is 0.343. The van der Waals surface area contributed by atoms with E-state index in [2.05, 4.69) is 12.1 Å². The maximum absolute atomic E-state index is 6.56. The van der Waals surface area contributed by atoms with Crippen LogP contribution in [0.2, 0.25) is 0 Å². The lowest BCUT2D eigenvalue weighted by Crippen LogP contribution is -2.11. The first-order valence-electron chi connectivity index (χ1n) is 5.55. The van der Waals surface area contributed by atoms with Gasteiger partial charge in [-0.25, -0.2) is 0 Å². The molecule has 0 aromatic heterocycles. The van der Waals surface area contributed by atoms with Gasteiger partial charge in [-0.05, 0) is 24.4 Å². The minimum atomic E-state index is -0.856. The molecule has 0 saturated heterocycles. The molecule has 0 amide bonds. The average Bonchev–Trinajstić information content (AvgIpc) is 2.40. The van der Waals surface area contributed by atoms with Gasteiger partial charge in [-0.3, -0.25) is 0 Å². The van der Waals surface area contributed by atoms with Crippen LogP contribution in [0, 0.1) is 0 Å². The summed E-state index contributed by atoms with van der Waals surface area (Å²) < 4.78 is 5.61. The third-order valence-corrected chi connectivity index (χ3v) is 5.04. The van der Waals surface area contributed by atoms with E-state index in [1.807, 2.05) is 49.4 Å². The van der Waals surface area contributed by atoms with Crippen molar-refractivity contribution in [1.29, 1.82) is 0 Å². The summed E-state index contributed by atoms with van der Waals surface area (Å²) in [5.41, 5.74) is 0. The molecule has 1 unspecified atom stereocenters. The Morgan fingerprint density at radius 3 is 2.35 bits per heavy atom. The SMILES string of the molecule is CCOc1ccccc1P(Cl)c1ccccc1. The lowest BCUT2D eigenvalue weighted by Gasteiger charge is -2.14. The van der Waals surface area contributed by atoms with Crippen molar-refractivity contribution in [2.24, 2.45) is 0 Å². The zero-order valence-electron chi connectivity index (χ0n) is 9.64. The molecule has 0 heterocycles. The summed E-state index contributed by atoms with van der Waals surface area (Å²) >= 11 is 6.56. The van der Waals surface area contributed by atoms with Crippen molar-refractivity contribution in [3.05, 3.63) is 54.6 Å². The van der Waals surface area contributed by atoms with Crippen LogP contribution in [-0.2, 0) is 0 Å². The molecule has 2 aromatic rings. The molecule has 2 aromatic carbocycles. The predicted octanol–water partition coefficient (Wildman–Crippen LogP) is 3.67. The van der Waals surface area contributed by atoms with Crippen LogP contribution in [0.3, 0.4) is 0 Å². The van der Waals surface area contributed by atoms with Crippen molar-refractivity contribution in [1.82, 2.24) is 0 Å². The molecule has 0 spiro atoms. The molecule has 88 valence electrons. The molecule has 0 bridgehead atoms. The predicted molar refractivity (Wildman–Crippen MR) is 76.1 cm³/mol. The summed E-state index contributed by atoms with van der Waals surface area (Å²) in [7, 11) is -0.856. The highest BCUT2D eigenvalue weighted by Crippen LogP contribution is 2.41. The van der Waals surface area contributed by atoms with E-state index in [0.29, 0.717) is 6.61 Å². The minimum absolute atomic E-state index is 0.659. The van der Waals surface area contributed by atoms with Crippen LogP contribution in [0.15, 0.2) is 54.6 Å². The van der Waals surface area contributed by atoms with Crippen molar-refractivity contribution in [2.45, 2.75) is 6.92 Å². The van der Waals surface area contributed by atoms with E-state index < -0.39 is 7.27 Å². The molecule has 1 nitrogen and oxygen atoms in total. The quantitative estimate of drug-likeness (QED) is 0.766. The van der Waals surface area contributed by atoms with Gasteiger partial charge in [0.2, 0.25) is 0 Å². The largest absolute Gasteiger partial charge is 0.493 e. The summed E-state index contributed by atoms with van der Waals surface area (Å²) in [6, 6.07) is 18.1. The van der Waals surface area contributed by atoms with E-state index in [1.165, 1.54) is 0 Å². The number of rotatable bonds is 4. The Hall–Kier alpha value is -1.04. The molecule has 1 atom stereocenters. The van der Waals surface area contributed by atoms with Crippen molar-refractivity contribution in [3.8, 4) is 5.75 Å². The molecule has 0 aliphatic rings. The first kappa shape index (κ1) is 12.4. The molecule has 2 rings (SSSR count). The number of hydrogen-bond acceptors (Lipinski definition) is 1. The van der Waals surface area contributed by atoms with Gasteiger partial charge < -0.3 is 4.74 Å². The molecule has 0 fully saturated rings. The molecular formula is C14H14ClOP. The highest BCUT2D eigenvalue weighted by Gasteiger charge is 2.14. The number of para-hydroxylation sites is 1. The smallest absolute Gasteiger partial charge is 0.128 e. The van der Waals surface area contributed by atoms with Crippen LogP contribution >= 0.6 is 18.5 Å². The minimum Gasteiger partial charge on any atom is -0.493 e. The van der Waals surface area contributed by atoms with Gasteiger partial charge in [-0.1, -0.05) is 53.7 Å². The van der Waals surface area contributed by atoms with E-state index in [0.717, 1.165) is 16.4 Å². The lowest BCUT2D eigenvalue weighted by atomic mass is 10.3. The van der Waals surface area contributed by atoms with Crippen LogP contribution in [0.1, 0.15) is 6.92 Å². The zero-order valence-corrected chi connectivity index (χ0v) is 11.3. The Morgan fingerprint density at radius 2 is 1.65 bits per heavy atom. The summed E-state index contributed by atoms with van der Waals surface area (Å²) in [6.45, 7) is 2.64. The van der Waals surface area contributed by atoms with Crippen molar-refractivity contribution in [3.63, 3.8) is 0 Å². The molecule has 0 aliphatic carbocycles. The Labute approximate surface area is 108 Å². The van der Waals surface area contributed by atoms with Gasteiger partial charge in [0, 0.05) is 5.30 Å². The molecule has 0 aliphatic heterocycles. The number of hydrogen-bond donors (Lipinski definition) is 0. The fourth-order valence-electron chi connectivity index (χ4n) is 1.59. The Morgan fingerprint density at radius 1 is 1.00 bits per heavy atom. The van der Waals surface area contributed by atoms with Crippen molar-refractivity contribution >= 4 is 29.1 Å². The molecule has 0 radical (unpaired) electrons. The summed E-state index contributed by atoms with van der Waals surface area (Å²) in [4.78, 5) is 0. The third kappa shape index (κ3) is 3.00. The standard InChI is InChI=1S/C14H14ClOP/c1-2-16-13-10-6-7-11-14(13)17(15)12-8-4-3-5-9-12/h3-11H,2H2,1H3. The molecular weight excluding hydrogens is 251 g/mol. The first-order valence-corrected chi connectivity index (χ1v) is 7.80. The van der Waals surface area contributed by atoms with Crippen LogP contribution in [0.4, 0.5) is 0 Å². The normalized spacial score (nSPS) is 12.1. The summed E-state index contributed by atoms with van der Waals surface area (Å²) in [5.74, 6) is 0.889. The van der Waals surface area contributed by atoms with Crippen LogP contribution in [0.5, 0.6) is 5.75 Å². The summed E-state index contributed by atoms with van der Waals surface area (Å²) in [6.07, 6.45) is 0. The second kappa shape index (κ2) is 6.05. The van der Waals surface area contributed by atoms with E-state index in [9.17, 15) is 0 Å². The van der Waals surface area contributed by atoms with E-state index >= 15 is 0 Å². The second-order valence-corrected chi connectivity index (χ2v) is 6.09. The first-order chi connectivity index (χ1) is 8.33. The third-order valence-electron chi connectivity index (χ3n) is 2.36. The van der Waals surface area contributed by atoms with Gasteiger partial charge in [-0.15, -0.1) is 0 Å². The Bertz CT molecular complexity index is 473. The second-order valence-electron chi connectivity index (χ2n) is 3.52. The monoisotopic (exact) mass is 264 g/mol. The van der Waals surface area contributed by atoms with E-state index in [4.69, 9.17) is 16.0 Å². The molecule has 17 heavy (non-hydrogen) atoms. The number of benzene rings is 2. The Balaban J connectivity index is 2.33. The zero-order chi connectivity index (χ0) is 12.1. The van der Waals surface area contributed by atoms with Crippen LogP contribution in [0.25, 0.3) is 0 Å². The molecule has 3 heteroatoms. The number of ether oxygens (including phenoxy) is 1. The maximum Gasteiger partial charge on any atom is 0.128 e. The van der Waals surface area contributed by atoms with Crippen molar-refractivity contribution in [2.75, 3.05) is 6.61 Å². The highest BCUT2D eigenvalue weighted by atomic mass is 35.7. The fourth-order valence-corrected chi connectivity index (χ4v) is 3.61. The molecule has 0 saturated carbocycles. The van der Waals surface area contributed by atoms with Crippen LogP contribution in [-0.4, -0.2) is 6.61 Å². The van der Waals surface area contributed by atoms with Gasteiger partial charge in [0.1, 0.15) is 5.75 Å². The van der Waals surface area contributed by atoms with Gasteiger partial charge >= 0.3 is 0 Å². The average molecular weight is 265 g/mol. The summed E-state index contributed by atoms with van der Waals surface area (Å²) in [5, 5.41) is 2.23. The topological polar surface area (TPSA) is 9.23 Å². The van der Waals surface area contributed by atoms with Crippen LogP contribution < -0.4 is 15.3 Å². The van der Waals surface area contributed by atoms with Gasteiger partial charge in [0.05, 0.1) is 13.9 Å².